The third kappa shape index (κ3) is 3.25. The summed E-state index contributed by atoms with van der Waals surface area (Å²) >= 11 is 0. The second kappa shape index (κ2) is 7.10. The standard InChI is InChI=1S/C23H22N4O2/c1-4-5-9-12-27-19-14-18-17(13-16(19)23(2,3)21(27)29)24-22(25-18)26-20(28)15-10-7-6-8-11-15/h6-8,10-11,13-14H,4,12H2,1-3H3,(H2,24,25,26,28). The number of nitrogens with one attached hydrogen (secondary N) is 2. The Balaban J connectivity index is 1.69. The van der Waals surface area contributed by atoms with E-state index in [0.717, 1.165) is 23.2 Å². The molecule has 0 saturated carbocycles. The van der Waals surface area contributed by atoms with Gasteiger partial charge in [-0.05, 0) is 43.7 Å². The number of benzene rings is 2. The number of aromatic amines is 1. The molecule has 0 fully saturated rings. The molecule has 6 nitrogen and oxygen atoms in total. The van der Waals surface area contributed by atoms with Crippen molar-refractivity contribution in [3.63, 3.8) is 0 Å². The average Bonchev–Trinajstić information content (AvgIpc) is 3.18. The summed E-state index contributed by atoms with van der Waals surface area (Å²) in [4.78, 5) is 34.7. The van der Waals surface area contributed by atoms with Crippen LogP contribution in [0.2, 0.25) is 0 Å². The maximum absolute atomic E-state index is 12.9. The minimum atomic E-state index is -0.649. The molecule has 0 bridgehead atoms. The number of hydrogen-bond donors (Lipinski definition) is 2. The van der Waals surface area contributed by atoms with Crippen LogP contribution >= 0.6 is 0 Å². The third-order valence-electron chi connectivity index (χ3n) is 5.15. The van der Waals surface area contributed by atoms with Gasteiger partial charge in [0.25, 0.3) is 5.91 Å². The summed E-state index contributed by atoms with van der Waals surface area (Å²) in [5.41, 5.74) is 3.12. The van der Waals surface area contributed by atoms with E-state index in [1.54, 1.807) is 17.0 Å². The lowest BCUT2D eigenvalue weighted by Crippen LogP contribution is -2.36. The average molecular weight is 386 g/mol. The van der Waals surface area contributed by atoms with E-state index in [9.17, 15) is 9.59 Å². The number of rotatable bonds is 3. The number of nitrogens with zero attached hydrogens (tertiary/aromatic N) is 2. The van der Waals surface area contributed by atoms with Crippen molar-refractivity contribution >= 4 is 34.5 Å². The number of carbonyl (C=O) groups excluding carboxylic acids is 2. The van der Waals surface area contributed by atoms with E-state index in [2.05, 4.69) is 27.1 Å². The second-order valence-electron chi connectivity index (χ2n) is 7.52. The Morgan fingerprint density at radius 2 is 1.97 bits per heavy atom. The summed E-state index contributed by atoms with van der Waals surface area (Å²) in [7, 11) is 0. The van der Waals surface area contributed by atoms with Gasteiger partial charge in [0.05, 0.1) is 28.7 Å². The molecule has 0 saturated heterocycles. The zero-order valence-corrected chi connectivity index (χ0v) is 16.7. The van der Waals surface area contributed by atoms with Gasteiger partial charge in [-0.25, -0.2) is 4.98 Å². The van der Waals surface area contributed by atoms with E-state index in [4.69, 9.17) is 0 Å². The summed E-state index contributed by atoms with van der Waals surface area (Å²) < 4.78 is 0. The first kappa shape index (κ1) is 18.8. The van der Waals surface area contributed by atoms with Crippen LogP contribution < -0.4 is 10.2 Å². The van der Waals surface area contributed by atoms with Gasteiger partial charge in [0.1, 0.15) is 0 Å². The number of anilines is 2. The van der Waals surface area contributed by atoms with E-state index < -0.39 is 5.41 Å². The first-order valence-electron chi connectivity index (χ1n) is 9.60. The van der Waals surface area contributed by atoms with Crippen molar-refractivity contribution in [3.05, 3.63) is 53.6 Å². The van der Waals surface area contributed by atoms with Gasteiger partial charge < -0.3 is 4.98 Å². The van der Waals surface area contributed by atoms with Gasteiger partial charge in [-0.3, -0.25) is 19.8 Å². The van der Waals surface area contributed by atoms with Crippen LogP contribution in [0.1, 0.15) is 43.1 Å². The summed E-state index contributed by atoms with van der Waals surface area (Å²) in [5.74, 6) is 6.25. The van der Waals surface area contributed by atoms with Gasteiger partial charge in [0, 0.05) is 12.0 Å². The molecular weight excluding hydrogens is 364 g/mol. The van der Waals surface area contributed by atoms with Crippen molar-refractivity contribution in [2.24, 2.45) is 0 Å². The Morgan fingerprint density at radius 3 is 2.69 bits per heavy atom. The Hall–Kier alpha value is -3.59. The van der Waals surface area contributed by atoms with Gasteiger partial charge >= 0.3 is 0 Å². The monoisotopic (exact) mass is 386 g/mol. The van der Waals surface area contributed by atoms with Gasteiger partial charge in [-0.1, -0.05) is 31.0 Å². The molecule has 2 amide bonds. The highest BCUT2D eigenvalue weighted by molar-refractivity contribution is 6.10. The first-order chi connectivity index (χ1) is 13.9. The van der Waals surface area contributed by atoms with Gasteiger partial charge in [-0.15, -0.1) is 5.92 Å². The summed E-state index contributed by atoms with van der Waals surface area (Å²) in [6.07, 6.45) is 0.752. The Labute approximate surface area is 169 Å². The predicted molar refractivity (Wildman–Crippen MR) is 114 cm³/mol. The van der Waals surface area contributed by atoms with Crippen LogP contribution in [0.3, 0.4) is 0 Å². The van der Waals surface area contributed by atoms with Crippen LogP contribution in [0.25, 0.3) is 11.0 Å². The maximum Gasteiger partial charge on any atom is 0.257 e. The fourth-order valence-electron chi connectivity index (χ4n) is 3.58. The highest BCUT2D eigenvalue weighted by atomic mass is 16.2. The van der Waals surface area contributed by atoms with Crippen LogP contribution in [0.4, 0.5) is 11.6 Å². The highest BCUT2D eigenvalue weighted by Gasteiger charge is 2.44. The van der Waals surface area contributed by atoms with E-state index in [1.165, 1.54) is 0 Å². The molecule has 1 aliphatic rings. The molecule has 0 radical (unpaired) electrons. The van der Waals surface area contributed by atoms with E-state index >= 15 is 0 Å². The molecule has 1 aromatic heterocycles. The molecule has 0 aliphatic carbocycles. The minimum absolute atomic E-state index is 0.0307. The molecule has 2 heterocycles. The lowest BCUT2D eigenvalue weighted by atomic mass is 9.86. The highest BCUT2D eigenvalue weighted by Crippen LogP contribution is 2.43. The number of hydrogen-bond acceptors (Lipinski definition) is 3. The quantitative estimate of drug-likeness (QED) is 0.671. The SMILES string of the molecule is CCC#CCN1C(=O)C(C)(C)c2cc3nc(NC(=O)c4ccccc4)[nH]c3cc21. The number of amides is 2. The Morgan fingerprint density at radius 1 is 1.21 bits per heavy atom. The van der Waals surface area contributed by atoms with Crippen molar-refractivity contribution in [1.82, 2.24) is 9.97 Å². The molecule has 4 rings (SSSR count). The van der Waals surface area contributed by atoms with Gasteiger partial charge in [0.15, 0.2) is 0 Å². The minimum Gasteiger partial charge on any atom is -0.324 e. The predicted octanol–water partition coefficient (Wildman–Crippen LogP) is 3.85. The van der Waals surface area contributed by atoms with Crippen molar-refractivity contribution in [2.45, 2.75) is 32.6 Å². The maximum atomic E-state index is 12.9. The van der Waals surface area contributed by atoms with Gasteiger partial charge in [-0.2, -0.15) is 0 Å². The number of fused-ring (bicyclic) bond motifs is 2. The van der Waals surface area contributed by atoms with Crippen molar-refractivity contribution in [1.29, 1.82) is 0 Å². The lowest BCUT2D eigenvalue weighted by molar-refractivity contribution is -0.121. The molecular formula is C23H22N4O2. The van der Waals surface area contributed by atoms with Crippen LogP contribution in [-0.4, -0.2) is 28.3 Å². The first-order valence-corrected chi connectivity index (χ1v) is 9.60. The fourth-order valence-corrected chi connectivity index (χ4v) is 3.58. The summed E-state index contributed by atoms with van der Waals surface area (Å²) in [6.45, 7) is 6.17. The van der Waals surface area contributed by atoms with E-state index in [1.807, 2.05) is 51.1 Å². The fraction of sp³-hybridized carbons (Fsp3) is 0.261. The molecule has 3 aromatic rings. The number of aromatic nitrogens is 2. The number of H-pyrrole nitrogens is 1. The molecule has 0 unspecified atom stereocenters. The molecule has 0 atom stereocenters. The Bertz CT molecular complexity index is 1170. The second-order valence-corrected chi connectivity index (χ2v) is 7.52. The summed E-state index contributed by atoms with van der Waals surface area (Å²) in [5, 5.41) is 2.80. The topological polar surface area (TPSA) is 78.1 Å². The Kier molecular flexibility index (Phi) is 4.59. The molecule has 1 aliphatic heterocycles. The largest absolute Gasteiger partial charge is 0.324 e. The molecule has 2 N–H and O–H groups in total. The number of imidazole rings is 1. The zero-order valence-electron chi connectivity index (χ0n) is 16.7. The van der Waals surface area contributed by atoms with Crippen LogP contribution in [0, 0.1) is 11.8 Å². The molecule has 2 aromatic carbocycles. The normalized spacial score (nSPS) is 14.4. The zero-order chi connectivity index (χ0) is 20.6. The smallest absolute Gasteiger partial charge is 0.257 e. The molecule has 0 spiro atoms. The van der Waals surface area contributed by atoms with Crippen molar-refractivity contribution < 1.29 is 9.59 Å². The molecule has 29 heavy (non-hydrogen) atoms. The molecule has 6 heteroatoms. The van der Waals surface area contributed by atoms with Gasteiger partial charge in [0.2, 0.25) is 11.9 Å². The van der Waals surface area contributed by atoms with E-state index in [-0.39, 0.29) is 11.8 Å². The third-order valence-corrected chi connectivity index (χ3v) is 5.15. The van der Waals surface area contributed by atoms with Crippen LogP contribution in [0.15, 0.2) is 42.5 Å². The van der Waals surface area contributed by atoms with Crippen molar-refractivity contribution in [3.8, 4) is 11.8 Å². The summed E-state index contributed by atoms with van der Waals surface area (Å²) in [6, 6.07) is 12.8. The molecule has 146 valence electrons. The van der Waals surface area contributed by atoms with E-state index in [0.29, 0.717) is 23.6 Å². The van der Waals surface area contributed by atoms with Crippen molar-refractivity contribution in [2.75, 3.05) is 16.8 Å². The lowest BCUT2D eigenvalue weighted by Gasteiger charge is -2.18. The van der Waals surface area contributed by atoms with Crippen LogP contribution in [-0.2, 0) is 10.2 Å². The van der Waals surface area contributed by atoms with Crippen LogP contribution in [0.5, 0.6) is 0 Å². The number of carbonyl (C=O) groups is 2.